The zero-order valence-electron chi connectivity index (χ0n) is 15.7. The van der Waals surface area contributed by atoms with Crippen LogP contribution in [0.15, 0.2) is 57.7 Å². The molecule has 30 heavy (non-hydrogen) atoms. The number of rotatable bonds is 3. The van der Waals surface area contributed by atoms with Crippen LogP contribution >= 0.6 is 0 Å². The van der Waals surface area contributed by atoms with E-state index in [2.05, 4.69) is 45.0 Å². The second-order valence-electron chi connectivity index (χ2n) is 6.45. The molecule has 0 spiro atoms. The minimum Gasteiger partial charge on any atom is -0.867 e. The maximum Gasteiger partial charge on any atom is 0.414 e. The van der Waals surface area contributed by atoms with Crippen molar-refractivity contribution in [2.45, 2.75) is 0 Å². The fourth-order valence-corrected chi connectivity index (χ4v) is 3.07. The average molecular weight is 414 g/mol. The Kier molecular flexibility index (Phi) is 6.23. The molecule has 156 valence electrons. The van der Waals surface area contributed by atoms with Gasteiger partial charge in [-0.3, -0.25) is 20.2 Å². The molecule has 1 fully saturated rings. The zero-order chi connectivity index (χ0) is 21.7. The summed E-state index contributed by atoms with van der Waals surface area (Å²) in [6.07, 6.45) is 0. The van der Waals surface area contributed by atoms with Gasteiger partial charge in [-0.1, -0.05) is 18.2 Å². The van der Waals surface area contributed by atoms with Crippen molar-refractivity contribution in [1.82, 2.24) is 0 Å². The Hall–Kier alpha value is -3.99. The zero-order valence-corrected chi connectivity index (χ0v) is 15.7. The molecule has 11 nitrogen and oxygen atoms in total. The van der Waals surface area contributed by atoms with Gasteiger partial charge < -0.3 is 19.7 Å². The fraction of sp³-hybridized carbons (Fsp3) is 0.211. The van der Waals surface area contributed by atoms with Crippen LogP contribution in [0.3, 0.4) is 0 Å². The number of para-hydroxylation sites is 1. The molecule has 1 aliphatic heterocycles. The minimum absolute atomic E-state index is 0.235. The summed E-state index contributed by atoms with van der Waals surface area (Å²) in [5.41, 5.74) is -1.94. The highest BCUT2D eigenvalue weighted by molar-refractivity contribution is 5.87. The number of anilines is 1. The van der Waals surface area contributed by atoms with E-state index in [1.807, 2.05) is 0 Å². The number of non-ortho nitro benzene ring substituents is 1. The lowest BCUT2D eigenvalue weighted by atomic mass is 10.2. The SMILES string of the molecule is O=c1oc2ccc([N+](=O)[O-])cc2c([O-])c1[N+](=O)[O-].c1ccc(N2CC[NH2+]CC2)cc1. The van der Waals surface area contributed by atoms with Crippen molar-refractivity contribution >= 4 is 28.0 Å². The van der Waals surface area contributed by atoms with Gasteiger partial charge in [-0.2, -0.15) is 0 Å². The molecule has 1 saturated heterocycles. The van der Waals surface area contributed by atoms with Gasteiger partial charge in [0.1, 0.15) is 5.58 Å². The maximum absolute atomic E-state index is 11.6. The van der Waals surface area contributed by atoms with Crippen molar-refractivity contribution in [3.8, 4) is 5.75 Å². The molecule has 0 saturated carbocycles. The lowest BCUT2D eigenvalue weighted by molar-refractivity contribution is -0.655. The third-order valence-electron chi connectivity index (χ3n) is 4.54. The van der Waals surface area contributed by atoms with Crippen molar-refractivity contribution < 1.29 is 24.7 Å². The van der Waals surface area contributed by atoms with Crippen LogP contribution in [0, 0.1) is 20.2 Å². The molecule has 4 rings (SSSR count). The highest BCUT2D eigenvalue weighted by Crippen LogP contribution is 2.30. The van der Waals surface area contributed by atoms with Crippen LogP contribution < -0.4 is 20.9 Å². The first-order valence-electron chi connectivity index (χ1n) is 9.07. The van der Waals surface area contributed by atoms with Gasteiger partial charge in [0.15, 0.2) is 0 Å². The molecule has 3 aromatic rings. The molecule has 1 aromatic heterocycles. The van der Waals surface area contributed by atoms with E-state index in [1.54, 1.807) is 0 Å². The van der Waals surface area contributed by atoms with Crippen LogP contribution in [0.25, 0.3) is 11.0 Å². The molecule has 2 N–H and O–H groups in total. The van der Waals surface area contributed by atoms with Gasteiger partial charge >= 0.3 is 11.3 Å². The lowest BCUT2D eigenvalue weighted by Gasteiger charge is -2.27. The number of fused-ring (bicyclic) bond motifs is 1. The standard InChI is InChI=1S/C10H14N2.C9H4N2O7/c1-2-4-10(5-3-1)12-8-6-11-7-9-12;12-8-5-3-4(10(14)15)1-2-6(5)18-9(13)7(8)11(16)17/h1-5,11H,6-9H2;1-3,12H. The Morgan fingerprint density at radius 2 is 1.63 bits per heavy atom. The summed E-state index contributed by atoms with van der Waals surface area (Å²) < 4.78 is 4.55. The first-order chi connectivity index (χ1) is 14.4. The number of nitrogens with two attached hydrogens (primary N) is 1. The van der Waals surface area contributed by atoms with Crippen molar-refractivity contribution in [3.05, 3.63) is 79.2 Å². The number of nitro benzene ring substituents is 1. The number of hydrogen-bond donors (Lipinski definition) is 1. The average Bonchev–Trinajstić information content (AvgIpc) is 2.75. The number of benzene rings is 2. The molecule has 1 aliphatic rings. The van der Waals surface area contributed by atoms with Crippen LogP contribution in [-0.4, -0.2) is 36.0 Å². The monoisotopic (exact) mass is 414 g/mol. The van der Waals surface area contributed by atoms with Gasteiger partial charge in [0, 0.05) is 23.2 Å². The second-order valence-corrected chi connectivity index (χ2v) is 6.45. The molecule has 0 atom stereocenters. The number of nitro groups is 2. The van der Waals surface area contributed by atoms with Crippen molar-refractivity contribution in [1.29, 1.82) is 0 Å². The van der Waals surface area contributed by atoms with E-state index in [0.717, 1.165) is 18.2 Å². The Morgan fingerprint density at radius 1 is 0.967 bits per heavy atom. The molecule has 2 aromatic carbocycles. The summed E-state index contributed by atoms with van der Waals surface area (Å²) in [6.45, 7) is 4.83. The number of nitrogens with zero attached hydrogens (tertiary/aromatic N) is 3. The predicted octanol–water partition coefficient (Wildman–Crippen LogP) is 0.753. The topological polar surface area (TPSA) is 159 Å². The molecule has 0 unspecified atom stereocenters. The highest BCUT2D eigenvalue weighted by atomic mass is 16.6. The van der Waals surface area contributed by atoms with Gasteiger partial charge in [0.05, 0.1) is 36.0 Å². The summed E-state index contributed by atoms with van der Waals surface area (Å²) in [7, 11) is 0. The number of hydrogen-bond acceptors (Lipinski definition) is 8. The quantitative estimate of drug-likeness (QED) is 0.373. The van der Waals surface area contributed by atoms with E-state index in [4.69, 9.17) is 0 Å². The lowest BCUT2D eigenvalue weighted by Crippen LogP contribution is -2.89. The summed E-state index contributed by atoms with van der Waals surface area (Å²) in [6, 6.07) is 13.5. The van der Waals surface area contributed by atoms with E-state index in [0.29, 0.717) is 0 Å². The van der Waals surface area contributed by atoms with E-state index >= 15 is 0 Å². The normalized spacial score (nSPS) is 13.4. The Labute approximate surface area is 169 Å². The second kappa shape index (κ2) is 9.01. The van der Waals surface area contributed by atoms with Gasteiger partial charge in [0.25, 0.3) is 5.69 Å². The van der Waals surface area contributed by atoms with Crippen molar-refractivity contribution in [2.24, 2.45) is 0 Å². The third-order valence-corrected chi connectivity index (χ3v) is 4.54. The van der Waals surface area contributed by atoms with Crippen LogP contribution in [0.1, 0.15) is 0 Å². The smallest absolute Gasteiger partial charge is 0.414 e. The third kappa shape index (κ3) is 4.52. The van der Waals surface area contributed by atoms with Crippen LogP contribution in [0.5, 0.6) is 5.75 Å². The summed E-state index contributed by atoms with van der Waals surface area (Å²) in [4.78, 5) is 32.7. The Morgan fingerprint density at radius 3 is 2.23 bits per heavy atom. The van der Waals surface area contributed by atoms with Gasteiger partial charge in [-0.25, -0.2) is 4.79 Å². The highest BCUT2D eigenvalue weighted by Gasteiger charge is 2.20. The molecule has 0 radical (unpaired) electrons. The van der Waals surface area contributed by atoms with Crippen molar-refractivity contribution in [3.63, 3.8) is 0 Å². The van der Waals surface area contributed by atoms with E-state index < -0.39 is 32.6 Å². The van der Waals surface area contributed by atoms with E-state index in [-0.39, 0.29) is 11.0 Å². The van der Waals surface area contributed by atoms with Crippen LogP contribution in [-0.2, 0) is 0 Å². The largest absolute Gasteiger partial charge is 0.867 e. The van der Waals surface area contributed by atoms with E-state index in [9.17, 15) is 30.1 Å². The molecule has 0 aliphatic carbocycles. The molecule has 0 amide bonds. The van der Waals surface area contributed by atoms with E-state index in [1.165, 1.54) is 31.9 Å². The molecular weight excluding hydrogens is 396 g/mol. The first-order valence-corrected chi connectivity index (χ1v) is 9.07. The van der Waals surface area contributed by atoms with Crippen molar-refractivity contribution in [2.75, 3.05) is 31.1 Å². The van der Waals surface area contributed by atoms with Gasteiger partial charge in [-0.15, -0.1) is 0 Å². The van der Waals surface area contributed by atoms with Crippen LogP contribution in [0.4, 0.5) is 17.1 Å². The predicted molar refractivity (Wildman–Crippen MR) is 106 cm³/mol. The molecule has 2 heterocycles. The molecule has 11 heteroatoms. The van der Waals surface area contributed by atoms with Gasteiger partial charge in [0.2, 0.25) is 0 Å². The van der Waals surface area contributed by atoms with Crippen LogP contribution in [0.2, 0.25) is 0 Å². The Balaban J connectivity index is 0.000000184. The Bertz CT molecular complexity index is 1120. The number of piperazine rings is 1. The van der Waals surface area contributed by atoms with Gasteiger partial charge in [-0.05, 0) is 23.9 Å². The summed E-state index contributed by atoms with van der Waals surface area (Å²) >= 11 is 0. The maximum atomic E-state index is 11.6. The number of quaternary nitrogens is 1. The molecule has 0 bridgehead atoms. The minimum atomic E-state index is -1.38. The molecular formula is C19H18N4O7. The fourth-order valence-electron chi connectivity index (χ4n) is 3.07. The first kappa shape index (κ1) is 20.7. The summed E-state index contributed by atoms with van der Waals surface area (Å²) in [5, 5.41) is 34.7. The summed E-state index contributed by atoms with van der Waals surface area (Å²) in [5.74, 6) is -1.20.